The van der Waals surface area contributed by atoms with Crippen molar-refractivity contribution in [2.24, 2.45) is 23.2 Å². The van der Waals surface area contributed by atoms with Gasteiger partial charge in [-0.05, 0) is 175 Å². The minimum atomic E-state index is -5.19. The lowest BCUT2D eigenvalue weighted by atomic mass is 9.49. The summed E-state index contributed by atoms with van der Waals surface area (Å²) >= 11 is 0. The van der Waals surface area contributed by atoms with Crippen LogP contribution in [0.1, 0.15) is 176 Å². The fourth-order valence-electron chi connectivity index (χ4n) is 14.3. The van der Waals surface area contributed by atoms with Gasteiger partial charge >= 0.3 is 24.2 Å². The molecule has 111 heavy (non-hydrogen) atoms. The summed E-state index contributed by atoms with van der Waals surface area (Å²) in [5, 5.41) is 17.7. The number of halogens is 3. The van der Waals surface area contributed by atoms with Crippen molar-refractivity contribution in [2.45, 2.75) is 223 Å². The minimum Gasteiger partial charge on any atom is -0.748 e. The fourth-order valence-corrected chi connectivity index (χ4v) is 18.8. The number of morpholine rings is 1. The van der Waals surface area contributed by atoms with E-state index in [2.05, 4.69) is 199 Å². The van der Waals surface area contributed by atoms with E-state index >= 15 is 0 Å². The number of esters is 2. The lowest BCUT2D eigenvalue weighted by Gasteiger charge is -2.55. The van der Waals surface area contributed by atoms with Gasteiger partial charge in [0.2, 0.25) is 0 Å². The normalized spacial score (nSPS) is 17.6. The van der Waals surface area contributed by atoms with E-state index in [4.69, 9.17) is 24.1 Å². The second-order valence-corrected chi connectivity index (χ2v) is 35.5. The van der Waals surface area contributed by atoms with Gasteiger partial charge in [-0.15, -0.1) is 0 Å². The quantitative estimate of drug-likeness (QED) is 0.0145. The number of carboxylic acid groups (broad SMARTS) is 1. The average Bonchev–Trinajstić information content (AvgIpc) is 1.14. The predicted molar refractivity (Wildman–Crippen MR) is 430 cm³/mol. The van der Waals surface area contributed by atoms with Gasteiger partial charge in [0.1, 0.15) is 25.1 Å². The van der Waals surface area contributed by atoms with Crippen molar-refractivity contribution in [2.75, 3.05) is 51.8 Å². The number of aromatic nitrogens is 2. The van der Waals surface area contributed by atoms with E-state index in [1.54, 1.807) is 0 Å². The van der Waals surface area contributed by atoms with Gasteiger partial charge in [-0.1, -0.05) is 218 Å². The summed E-state index contributed by atoms with van der Waals surface area (Å²) in [6.45, 7) is 12.5. The number of aliphatic carboxylic acids is 1. The van der Waals surface area contributed by atoms with Gasteiger partial charge in [0.25, 0.3) is 0 Å². The van der Waals surface area contributed by atoms with Crippen molar-refractivity contribution in [3.05, 3.63) is 213 Å². The molecule has 1 unspecified atom stereocenters. The van der Waals surface area contributed by atoms with Crippen LogP contribution in [0.3, 0.4) is 0 Å². The van der Waals surface area contributed by atoms with Crippen LogP contribution in [-0.2, 0) is 65.2 Å². The molecule has 22 heteroatoms. The van der Waals surface area contributed by atoms with Gasteiger partial charge in [-0.2, -0.15) is 13.2 Å². The van der Waals surface area contributed by atoms with E-state index in [0.717, 1.165) is 76.0 Å². The third kappa shape index (κ3) is 31.9. The summed E-state index contributed by atoms with van der Waals surface area (Å²) < 4.78 is 88.2. The molecule has 7 aromatic carbocycles. The topological polar surface area (TPSA) is 227 Å². The Balaban J connectivity index is 0.000000189. The van der Waals surface area contributed by atoms with Crippen LogP contribution in [-0.4, -0.2) is 126 Å². The maximum Gasteiger partial charge on any atom is 0.422 e. The highest BCUT2D eigenvalue weighted by Gasteiger charge is 2.56. The standard InChI is InChI=1S/C24H47NO3.2C18H15S.C13H20O5S.C12H14N2O2.C4H5F3O3/c1-2-3-4-5-6-7-8-9-10-11-12-13-14-15-16-17-24(26)28-23-20-25-18-21-27-22-19-25;2*1-4-10-16(11-5-1)19(17-12-6-2-7-13-17)18-14-8-3-9-15-18;14-12(18-1-2-19(15,16)17)13-6-9-3-10(7-13)5-11(4-9)8-13;1-12(2,3)16-11(15)14-8-13-9-6-4-5-7-10(9)14;1-3(10,2(8)9)4(5,6)7/h2-23H2,1H3;2*1-15H;9-11H,1-8H2,(H,15,16,17);4-8H,1-3H3;10H,1H3,(H,8,9)/q;2*+1;;;/p-2. The first-order chi connectivity index (χ1) is 53.3. The highest BCUT2D eigenvalue weighted by molar-refractivity contribution is 7.97. The third-order valence-electron chi connectivity index (χ3n) is 19.7. The second-order valence-electron chi connectivity index (χ2n) is 29.9. The molecule has 0 radical (unpaired) electrons. The van der Waals surface area contributed by atoms with Crippen LogP contribution in [0, 0.1) is 23.2 Å². The zero-order chi connectivity index (χ0) is 80.0. The van der Waals surface area contributed by atoms with E-state index in [1.165, 1.54) is 143 Å². The number of aliphatic hydroxyl groups is 1. The number of rotatable bonds is 30. The molecule has 4 saturated carbocycles. The molecule has 13 rings (SSSR count). The van der Waals surface area contributed by atoms with Crippen LogP contribution in [0.25, 0.3) is 11.0 Å². The zero-order valence-electron chi connectivity index (χ0n) is 65.2. The number of carbonyl (C=O) groups excluding carboxylic acids is 4. The molecule has 5 aliphatic rings. The monoisotopic (exact) mass is 1590 g/mol. The van der Waals surface area contributed by atoms with Crippen LogP contribution >= 0.6 is 0 Å². The summed E-state index contributed by atoms with van der Waals surface area (Å²) in [4.78, 5) is 60.0. The van der Waals surface area contributed by atoms with Gasteiger partial charge in [0, 0.05) is 26.1 Å². The van der Waals surface area contributed by atoms with Crippen LogP contribution in [0.15, 0.2) is 242 Å². The SMILES string of the molecule is CC(C)(C)OC(=O)n1cnc2ccccc21.CC(O)(C(=O)[O-])C(F)(F)F.CCCCCCCCCCCCCCCCCC(=O)OCCN1CCOCC1.O=C(OCCS(=O)(=O)[O-])C12CC3CC(CC(C3)C1)C2.c1ccc([S+](c2ccccc2)c2ccccc2)cc1.c1ccc([S+](c2ccccc2)c2ccccc2)cc1. The number of hydrogen-bond donors (Lipinski definition) is 1. The van der Waals surface area contributed by atoms with E-state index in [1.807, 2.05) is 45.0 Å². The molecule has 602 valence electrons. The first kappa shape index (κ1) is 90.4. The molecule has 16 nitrogen and oxygen atoms in total. The Labute approximate surface area is 662 Å². The Morgan fingerprint density at radius 1 is 0.541 bits per heavy atom. The van der Waals surface area contributed by atoms with Crippen molar-refractivity contribution in [1.29, 1.82) is 0 Å². The summed E-state index contributed by atoms with van der Waals surface area (Å²) in [6, 6.07) is 71.8. The van der Waals surface area contributed by atoms with Crippen molar-refractivity contribution >= 4 is 66.9 Å². The molecular formula is C89H114F3N3O13S3. The highest BCUT2D eigenvalue weighted by Crippen LogP contribution is 2.60. The summed E-state index contributed by atoms with van der Waals surface area (Å²) in [5.41, 5.74) is -3.08. The summed E-state index contributed by atoms with van der Waals surface area (Å²) in [7, 11) is -4.33. The van der Waals surface area contributed by atoms with E-state index in [0.29, 0.717) is 30.8 Å². The third-order valence-corrected chi connectivity index (χ3v) is 24.8. The van der Waals surface area contributed by atoms with Gasteiger partial charge < -0.3 is 38.5 Å². The lowest BCUT2D eigenvalue weighted by Crippen LogP contribution is -2.56. The van der Waals surface area contributed by atoms with Gasteiger partial charge in [-0.25, -0.2) is 22.8 Å². The van der Waals surface area contributed by atoms with Crippen LogP contribution in [0.5, 0.6) is 0 Å². The van der Waals surface area contributed by atoms with Crippen LogP contribution in [0.4, 0.5) is 18.0 Å². The zero-order valence-corrected chi connectivity index (χ0v) is 67.6. The van der Waals surface area contributed by atoms with Crippen molar-refractivity contribution in [3.63, 3.8) is 0 Å². The average molecular weight is 1590 g/mol. The number of ether oxygens (including phenoxy) is 4. The van der Waals surface area contributed by atoms with E-state index in [9.17, 15) is 50.4 Å². The molecule has 0 spiro atoms. The molecule has 5 fully saturated rings. The molecule has 0 amide bonds. The van der Waals surface area contributed by atoms with Crippen molar-refractivity contribution in [3.8, 4) is 0 Å². The number of imidazole rings is 1. The maximum absolute atomic E-state index is 12.3. The number of unbranched alkanes of at least 4 members (excludes halogenated alkanes) is 14. The first-order valence-electron chi connectivity index (χ1n) is 39.3. The highest BCUT2D eigenvalue weighted by atomic mass is 32.2. The number of benzene rings is 7. The Hall–Kier alpha value is -7.83. The van der Waals surface area contributed by atoms with Crippen molar-refractivity contribution < 1.29 is 74.5 Å². The van der Waals surface area contributed by atoms with Gasteiger partial charge in [0.05, 0.1) is 73.3 Å². The van der Waals surface area contributed by atoms with Gasteiger partial charge in [-0.3, -0.25) is 14.5 Å². The Morgan fingerprint density at radius 2 is 0.901 bits per heavy atom. The second kappa shape index (κ2) is 47.0. The summed E-state index contributed by atoms with van der Waals surface area (Å²) in [6.07, 6.45) is 23.1. The van der Waals surface area contributed by atoms with E-state index < -0.39 is 45.3 Å². The number of carboxylic acids is 1. The Kier molecular flexibility index (Phi) is 38.3. The molecular weight excluding hydrogens is 1470 g/mol. The molecule has 1 aliphatic heterocycles. The number of para-hydroxylation sites is 2. The minimum absolute atomic E-state index is 0.0146. The Morgan fingerprint density at radius 3 is 1.24 bits per heavy atom. The van der Waals surface area contributed by atoms with Gasteiger partial charge in [0.15, 0.2) is 35.0 Å². The molecule has 4 aliphatic carbocycles. The molecule has 1 atom stereocenters. The van der Waals surface area contributed by atoms with Crippen molar-refractivity contribution in [1.82, 2.24) is 14.5 Å². The van der Waals surface area contributed by atoms with Crippen LogP contribution in [0.2, 0.25) is 0 Å². The Bertz CT molecular complexity index is 3730. The van der Waals surface area contributed by atoms with E-state index in [-0.39, 0.29) is 52.7 Å². The first-order valence-corrected chi connectivity index (χ1v) is 43.3. The molecule has 1 N–H and O–H groups in total. The molecule has 4 bridgehead atoms. The lowest BCUT2D eigenvalue weighted by molar-refractivity contribution is -0.351. The fraction of sp³-hybridized carbons (Fsp3) is 0.472. The number of fused-ring (bicyclic) bond motifs is 1. The molecule has 8 aromatic rings. The summed E-state index contributed by atoms with van der Waals surface area (Å²) in [5.74, 6) is -1.55. The number of carbonyl (C=O) groups is 4. The molecule has 2 heterocycles. The molecule has 1 aromatic heterocycles. The van der Waals surface area contributed by atoms with Crippen LogP contribution < -0.4 is 5.11 Å². The maximum atomic E-state index is 12.3. The number of nitrogens with zero attached hydrogens (tertiary/aromatic N) is 3. The predicted octanol–water partition coefficient (Wildman–Crippen LogP) is 18.8. The molecule has 1 saturated heterocycles. The number of hydrogen-bond acceptors (Lipinski definition) is 15. The smallest absolute Gasteiger partial charge is 0.422 e. The largest absolute Gasteiger partial charge is 0.748 e. The number of alkyl halides is 3.